The molecule has 0 saturated carbocycles. The second-order valence-electron chi connectivity index (χ2n) is 3.96. The van der Waals surface area contributed by atoms with Crippen molar-refractivity contribution in [1.29, 1.82) is 0 Å². The lowest BCUT2D eigenvalue weighted by Crippen LogP contribution is -2.14. The van der Waals surface area contributed by atoms with E-state index in [1.165, 1.54) is 24.2 Å². The molecule has 0 aliphatic heterocycles. The first-order chi connectivity index (χ1) is 8.79. The zero-order valence-electron chi connectivity index (χ0n) is 10.4. The molecule has 1 aromatic carbocycles. The molecular weight excluding hydrogens is 286 g/mol. The number of benzene rings is 1. The molecule has 1 heterocycles. The molecular formula is C10H13N5O2S2. The Balaban J connectivity index is 2.53. The number of hydrogen-bond acceptors (Lipinski definition) is 6. The molecule has 2 aromatic rings. The molecule has 102 valence electrons. The van der Waals surface area contributed by atoms with Crippen LogP contribution in [0.15, 0.2) is 33.4 Å². The Hall–Kier alpha value is -1.58. The van der Waals surface area contributed by atoms with Crippen LogP contribution in [-0.4, -0.2) is 23.2 Å². The van der Waals surface area contributed by atoms with Gasteiger partial charge in [0, 0.05) is 17.6 Å². The molecule has 7 nitrogen and oxygen atoms in total. The molecule has 4 N–H and O–H groups in total. The molecule has 2 rings (SSSR count). The van der Waals surface area contributed by atoms with E-state index in [-0.39, 0.29) is 4.90 Å². The highest BCUT2D eigenvalue weighted by atomic mass is 32.2. The SMILES string of the molecule is Cc1c(Sc2ncnn2C)cc(N)cc1S(N)(=O)=O. The van der Waals surface area contributed by atoms with Gasteiger partial charge >= 0.3 is 0 Å². The summed E-state index contributed by atoms with van der Waals surface area (Å²) in [7, 11) is -2.06. The van der Waals surface area contributed by atoms with Gasteiger partial charge in [0.25, 0.3) is 0 Å². The van der Waals surface area contributed by atoms with E-state index >= 15 is 0 Å². The molecule has 0 atom stereocenters. The molecule has 0 radical (unpaired) electrons. The second kappa shape index (κ2) is 4.83. The fraction of sp³-hybridized carbons (Fsp3) is 0.200. The number of aryl methyl sites for hydroxylation is 1. The lowest BCUT2D eigenvalue weighted by molar-refractivity contribution is 0.597. The predicted molar refractivity (Wildman–Crippen MR) is 72.1 cm³/mol. The Morgan fingerprint density at radius 2 is 2.05 bits per heavy atom. The maximum Gasteiger partial charge on any atom is 0.238 e. The molecule has 0 unspecified atom stereocenters. The van der Waals surface area contributed by atoms with E-state index in [2.05, 4.69) is 10.1 Å². The molecule has 0 aliphatic carbocycles. The number of anilines is 1. The monoisotopic (exact) mass is 299 g/mol. The normalized spacial score (nSPS) is 11.7. The van der Waals surface area contributed by atoms with Crippen LogP contribution in [0.4, 0.5) is 5.69 Å². The fourth-order valence-corrected chi connectivity index (χ4v) is 3.40. The third-order valence-corrected chi connectivity index (χ3v) is 4.75. The van der Waals surface area contributed by atoms with Crippen molar-refractivity contribution in [1.82, 2.24) is 14.8 Å². The number of aromatic nitrogens is 3. The first kappa shape index (κ1) is 13.8. The second-order valence-corrected chi connectivity index (χ2v) is 6.49. The zero-order chi connectivity index (χ0) is 14.2. The molecule has 1 aromatic heterocycles. The summed E-state index contributed by atoms with van der Waals surface area (Å²) >= 11 is 1.28. The van der Waals surface area contributed by atoms with E-state index < -0.39 is 10.0 Å². The van der Waals surface area contributed by atoms with Crippen LogP contribution in [0.3, 0.4) is 0 Å². The van der Waals surface area contributed by atoms with Gasteiger partial charge in [0.1, 0.15) is 6.33 Å². The van der Waals surface area contributed by atoms with Crippen LogP contribution in [0, 0.1) is 6.92 Å². The number of nitrogens with zero attached hydrogens (tertiary/aromatic N) is 3. The third-order valence-electron chi connectivity index (χ3n) is 2.51. The number of primary sulfonamides is 1. The fourth-order valence-electron chi connectivity index (χ4n) is 1.56. The van der Waals surface area contributed by atoms with E-state index in [0.717, 1.165) is 0 Å². The van der Waals surface area contributed by atoms with Crippen molar-refractivity contribution in [3.63, 3.8) is 0 Å². The van der Waals surface area contributed by atoms with Gasteiger partial charge in [-0.2, -0.15) is 5.10 Å². The predicted octanol–water partition coefficient (Wildman–Crippen LogP) is 0.504. The van der Waals surface area contributed by atoms with Crippen LogP contribution in [0.5, 0.6) is 0 Å². The average molecular weight is 299 g/mol. The highest BCUT2D eigenvalue weighted by Gasteiger charge is 2.17. The number of hydrogen-bond donors (Lipinski definition) is 2. The topological polar surface area (TPSA) is 117 Å². The van der Waals surface area contributed by atoms with Crippen molar-refractivity contribution < 1.29 is 8.42 Å². The summed E-state index contributed by atoms with van der Waals surface area (Å²) in [4.78, 5) is 4.77. The molecule has 9 heteroatoms. The molecule has 19 heavy (non-hydrogen) atoms. The van der Waals surface area contributed by atoms with E-state index in [4.69, 9.17) is 10.9 Å². The highest BCUT2D eigenvalue weighted by Crippen LogP contribution is 2.33. The minimum atomic E-state index is -3.80. The number of sulfonamides is 1. The third kappa shape index (κ3) is 2.88. The van der Waals surface area contributed by atoms with Gasteiger partial charge in [0.05, 0.1) is 4.90 Å². The lowest BCUT2D eigenvalue weighted by Gasteiger charge is -2.10. The van der Waals surface area contributed by atoms with Crippen molar-refractivity contribution in [3.05, 3.63) is 24.0 Å². The summed E-state index contributed by atoms with van der Waals surface area (Å²) in [6.45, 7) is 1.68. The Bertz CT molecular complexity index is 724. The van der Waals surface area contributed by atoms with Crippen molar-refractivity contribution >= 4 is 27.5 Å². The minimum absolute atomic E-state index is 0.0252. The number of nitrogens with two attached hydrogens (primary N) is 2. The zero-order valence-corrected chi connectivity index (χ0v) is 12.0. The van der Waals surface area contributed by atoms with Crippen molar-refractivity contribution in [2.24, 2.45) is 12.2 Å². The summed E-state index contributed by atoms with van der Waals surface area (Å²) in [5.74, 6) is 0. The quantitative estimate of drug-likeness (QED) is 0.797. The first-order valence-electron chi connectivity index (χ1n) is 5.24. The van der Waals surface area contributed by atoms with Crippen LogP contribution in [-0.2, 0) is 17.1 Å². The van der Waals surface area contributed by atoms with Gasteiger partial charge in [-0.25, -0.2) is 23.2 Å². The average Bonchev–Trinajstić information content (AvgIpc) is 2.68. The number of nitrogen functional groups attached to an aromatic ring is 1. The standard InChI is InChI=1S/C10H13N5O2S2/c1-6-8(18-10-13-5-14-15(10)2)3-7(11)4-9(6)19(12,16)17/h3-5H,11H2,1-2H3,(H2,12,16,17). The summed E-state index contributed by atoms with van der Waals surface area (Å²) in [6, 6.07) is 3.04. The molecule has 0 spiro atoms. The van der Waals surface area contributed by atoms with E-state index in [1.807, 2.05) is 0 Å². The minimum Gasteiger partial charge on any atom is -0.399 e. The summed E-state index contributed by atoms with van der Waals surface area (Å²) in [5, 5.41) is 9.75. The van der Waals surface area contributed by atoms with Crippen molar-refractivity contribution in [2.75, 3.05) is 5.73 Å². The summed E-state index contributed by atoms with van der Waals surface area (Å²) in [6.07, 6.45) is 1.42. The van der Waals surface area contributed by atoms with Crippen molar-refractivity contribution in [3.8, 4) is 0 Å². The smallest absolute Gasteiger partial charge is 0.238 e. The Morgan fingerprint density at radius 3 is 2.58 bits per heavy atom. The van der Waals surface area contributed by atoms with Gasteiger partial charge in [-0.15, -0.1) is 0 Å². The molecule has 0 fully saturated rings. The summed E-state index contributed by atoms with van der Waals surface area (Å²) < 4.78 is 24.6. The van der Waals surface area contributed by atoms with Gasteiger partial charge < -0.3 is 5.73 Å². The van der Waals surface area contributed by atoms with Gasteiger partial charge in [-0.3, -0.25) is 0 Å². The number of rotatable bonds is 3. The van der Waals surface area contributed by atoms with Crippen LogP contribution in [0.1, 0.15) is 5.56 Å². The lowest BCUT2D eigenvalue weighted by atomic mass is 10.2. The van der Waals surface area contributed by atoms with Gasteiger partial charge in [0.15, 0.2) is 5.16 Å². The molecule has 0 saturated heterocycles. The van der Waals surface area contributed by atoms with Crippen LogP contribution in [0.2, 0.25) is 0 Å². The van der Waals surface area contributed by atoms with E-state index in [0.29, 0.717) is 21.3 Å². The Morgan fingerprint density at radius 1 is 1.37 bits per heavy atom. The van der Waals surface area contributed by atoms with Crippen molar-refractivity contribution in [2.45, 2.75) is 21.9 Å². The van der Waals surface area contributed by atoms with E-state index in [1.54, 1.807) is 24.7 Å². The maximum absolute atomic E-state index is 11.5. The molecule has 0 bridgehead atoms. The van der Waals surface area contributed by atoms with Crippen LogP contribution >= 0.6 is 11.8 Å². The summed E-state index contributed by atoms with van der Waals surface area (Å²) in [5.41, 5.74) is 6.59. The van der Waals surface area contributed by atoms with E-state index in [9.17, 15) is 8.42 Å². The van der Waals surface area contributed by atoms with Gasteiger partial charge in [0.2, 0.25) is 10.0 Å². The van der Waals surface area contributed by atoms with Crippen LogP contribution < -0.4 is 10.9 Å². The highest BCUT2D eigenvalue weighted by molar-refractivity contribution is 7.99. The first-order valence-corrected chi connectivity index (χ1v) is 7.60. The van der Waals surface area contributed by atoms with Crippen LogP contribution in [0.25, 0.3) is 0 Å². The Labute approximate surface area is 115 Å². The Kier molecular flexibility index (Phi) is 3.52. The maximum atomic E-state index is 11.5. The molecule has 0 amide bonds. The molecule has 0 aliphatic rings. The van der Waals surface area contributed by atoms with Gasteiger partial charge in [-0.05, 0) is 36.4 Å². The van der Waals surface area contributed by atoms with Gasteiger partial charge in [-0.1, -0.05) is 0 Å². The largest absolute Gasteiger partial charge is 0.399 e.